The quantitative estimate of drug-likeness (QED) is 0.618. The van der Waals surface area contributed by atoms with Crippen LogP contribution in [0.2, 0.25) is 0 Å². The zero-order valence-electron chi connectivity index (χ0n) is 12.5. The van der Waals surface area contributed by atoms with Crippen LogP contribution < -0.4 is 5.32 Å². The van der Waals surface area contributed by atoms with Gasteiger partial charge in [0.2, 0.25) is 5.91 Å². The van der Waals surface area contributed by atoms with Gasteiger partial charge in [-0.05, 0) is 48.6 Å². The molecule has 1 aromatic carbocycles. The minimum Gasteiger partial charge on any atom is -0.465 e. The van der Waals surface area contributed by atoms with E-state index in [4.69, 9.17) is 4.74 Å². The number of aromatic nitrogens is 2. The number of carbonyl (C=O) groups is 2. The molecule has 0 fully saturated rings. The van der Waals surface area contributed by atoms with Crippen LogP contribution in [-0.4, -0.2) is 28.8 Å². The zero-order valence-corrected chi connectivity index (χ0v) is 14.7. The summed E-state index contributed by atoms with van der Waals surface area (Å²) in [6, 6.07) is 6.72. The van der Waals surface area contributed by atoms with Gasteiger partial charge < -0.3 is 10.1 Å². The summed E-state index contributed by atoms with van der Waals surface area (Å²) in [7, 11) is 1.30. The number of anilines is 1. The fourth-order valence-corrected chi connectivity index (χ4v) is 2.42. The van der Waals surface area contributed by atoms with Crippen molar-refractivity contribution in [2.45, 2.75) is 20.4 Å². The molecule has 0 radical (unpaired) electrons. The average molecular weight is 413 g/mol. The normalized spacial score (nSPS) is 10.4. The fourth-order valence-electron chi connectivity index (χ4n) is 2.03. The molecule has 2 aromatic rings. The van der Waals surface area contributed by atoms with Crippen LogP contribution in [0, 0.1) is 17.4 Å². The third-order valence-electron chi connectivity index (χ3n) is 3.19. The van der Waals surface area contributed by atoms with Crippen molar-refractivity contribution in [3.63, 3.8) is 0 Å². The maximum atomic E-state index is 12.2. The van der Waals surface area contributed by atoms with Crippen molar-refractivity contribution < 1.29 is 14.3 Å². The van der Waals surface area contributed by atoms with Crippen molar-refractivity contribution in [3.05, 3.63) is 44.8 Å². The minimum absolute atomic E-state index is 0.0885. The lowest BCUT2D eigenvalue weighted by Gasteiger charge is -2.10. The van der Waals surface area contributed by atoms with Gasteiger partial charge in [-0.3, -0.25) is 9.48 Å². The van der Waals surface area contributed by atoms with Gasteiger partial charge in [0.25, 0.3) is 0 Å². The second-order valence-electron chi connectivity index (χ2n) is 4.73. The zero-order chi connectivity index (χ0) is 16.3. The molecule has 0 spiro atoms. The van der Waals surface area contributed by atoms with Crippen LogP contribution in [0.3, 0.4) is 0 Å². The van der Waals surface area contributed by atoms with Crippen molar-refractivity contribution in [1.82, 2.24) is 9.78 Å². The Bertz CT molecular complexity index is 725. The number of nitrogens with one attached hydrogen (secondary N) is 1. The van der Waals surface area contributed by atoms with Crippen molar-refractivity contribution >= 4 is 40.2 Å². The number of rotatable bonds is 4. The second kappa shape index (κ2) is 6.91. The number of ether oxygens (including phenoxy) is 1. The molecule has 7 heteroatoms. The molecule has 6 nitrogen and oxygen atoms in total. The number of esters is 1. The van der Waals surface area contributed by atoms with Crippen LogP contribution in [0.4, 0.5) is 5.69 Å². The molecule has 2 rings (SSSR count). The highest BCUT2D eigenvalue weighted by Gasteiger charge is 2.15. The first-order valence-corrected chi connectivity index (χ1v) is 7.68. The summed E-state index contributed by atoms with van der Waals surface area (Å²) in [5, 5.41) is 7.05. The van der Waals surface area contributed by atoms with Crippen LogP contribution in [-0.2, 0) is 16.1 Å². The molecule has 22 heavy (non-hydrogen) atoms. The van der Waals surface area contributed by atoms with Crippen LogP contribution in [0.25, 0.3) is 0 Å². The van der Waals surface area contributed by atoms with Crippen molar-refractivity contribution in [2.75, 3.05) is 12.4 Å². The molecule has 1 amide bonds. The van der Waals surface area contributed by atoms with Gasteiger partial charge >= 0.3 is 5.97 Å². The van der Waals surface area contributed by atoms with E-state index in [1.54, 1.807) is 28.9 Å². The molecule has 0 bridgehead atoms. The van der Waals surface area contributed by atoms with Gasteiger partial charge in [-0.15, -0.1) is 0 Å². The van der Waals surface area contributed by atoms with Gasteiger partial charge in [-0.2, -0.15) is 5.10 Å². The Morgan fingerprint density at radius 1 is 1.32 bits per heavy atom. The van der Waals surface area contributed by atoms with Gasteiger partial charge in [-0.25, -0.2) is 4.79 Å². The molecule has 0 aliphatic heterocycles. The maximum Gasteiger partial charge on any atom is 0.339 e. The SMILES string of the molecule is COC(=O)c1ccccc1NC(=O)Cn1nc(C)c(I)c1C. The molecule has 0 aliphatic rings. The highest BCUT2D eigenvalue weighted by molar-refractivity contribution is 14.1. The Balaban J connectivity index is 2.16. The van der Waals surface area contributed by atoms with E-state index >= 15 is 0 Å². The number of methoxy groups -OCH3 is 1. The topological polar surface area (TPSA) is 73.2 Å². The van der Waals surface area contributed by atoms with E-state index in [1.807, 2.05) is 13.8 Å². The number of nitrogens with zero attached hydrogens (tertiary/aromatic N) is 2. The number of para-hydroxylation sites is 1. The van der Waals surface area contributed by atoms with E-state index in [9.17, 15) is 9.59 Å². The lowest BCUT2D eigenvalue weighted by Crippen LogP contribution is -2.21. The van der Waals surface area contributed by atoms with Crippen LogP contribution in [0.15, 0.2) is 24.3 Å². The van der Waals surface area contributed by atoms with Crippen molar-refractivity contribution in [3.8, 4) is 0 Å². The van der Waals surface area contributed by atoms with Gasteiger partial charge in [0.1, 0.15) is 6.54 Å². The maximum absolute atomic E-state index is 12.2. The number of carbonyl (C=O) groups excluding carboxylic acids is 2. The summed E-state index contributed by atoms with van der Waals surface area (Å²) >= 11 is 2.20. The fraction of sp³-hybridized carbons (Fsp3) is 0.267. The molecule has 1 N–H and O–H groups in total. The summed E-state index contributed by atoms with van der Waals surface area (Å²) in [6.07, 6.45) is 0. The minimum atomic E-state index is -0.489. The van der Waals surface area contributed by atoms with Gasteiger partial charge in [0.05, 0.1) is 27.6 Å². The monoisotopic (exact) mass is 413 g/mol. The molecule has 0 atom stereocenters. The third kappa shape index (κ3) is 3.46. The number of halogens is 1. The van der Waals surface area contributed by atoms with E-state index in [0.717, 1.165) is 15.0 Å². The highest BCUT2D eigenvalue weighted by atomic mass is 127. The Labute approximate surface area is 142 Å². The largest absolute Gasteiger partial charge is 0.465 e. The smallest absolute Gasteiger partial charge is 0.339 e. The molecule has 1 aromatic heterocycles. The van der Waals surface area contributed by atoms with E-state index in [0.29, 0.717) is 11.3 Å². The third-order valence-corrected chi connectivity index (χ3v) is 4.75. The van der Waals surface area contributed by atoms with E-state index < -0.39 is 5.97 Å². The number of aryl methyl sites for hydroxylation is 1. The van der Waals surface area contributed by atoms with Crippen molar-refractivity contribution in [2.24, 2.45) is 0 Å². The highest BCUT2D eigenvalue weighted by Crippen LogP contribution is 2.17. The first kappa shape index (κ1) is 16.5. The average Bonchev–Trinajstić information content (AvgIpc) is 2.74. The molecule has 0 aliphatic carbocycles. The number of hydrogen-bond donors (Lipinski definition) is 1. The Morgan fingerprint density at radius 2 is 2.00 bits per heavy atom. The Hall–Kier alpha value is -1.90. The molecule has 0 saturated heterocycles. The lowest BCUT2D eigenvalue weighted by molar-refractivity contribution is -0.116. The molecule has 0 saturated carbocycles. The first-order chi connectivity index (χ1) is 10.4. The predicted molar refractivity (Wildman–Crippen MR) is 90.8 cm³/mol. The van der Waals surface area contributed by atoms with Gasteiger partial charge in [0.15, 0.2) is 0 Å². The Kier molecular flexibility index (Phi) is 5.17. The predicted octanol–water partition coefficient (Wildman–Crippen LogP) is 2.53. The summed E-state index contributed by atoms with van der Waals surface area (Å²) in [5.74, 6) is -0.741. The van der Waals surface area contributed by atoms with E-state index in [1.165, 1.54) is 7.11 Å². The molecular weight excluding hydrogens is 397 g/mol. The summed E-state index contributed by atoms with van der Waals surface area (Å²) in [4.78, 5) is 23.9. The van der Waals surface area contributed by atoms with Crippen LogP contribution in [0.5, 0.6) is 0 Å². The van der Waals surface area contributed by atoms with E-state index in [-0.39, 0.29) is 12.5 Å². The molecule has 0 unspecified atom stereocenters. The summed E-state index contributed by atoms with van der Waals surface area (Å²) in [6.45, 7) is 3.90. The summed E-state index contributed by atoms with van der Waals surface area (Å²) in [5.41, 5.74) is 2.58. The number of amides is 1. The van der Waals surface area contributed by atoms with Gasteiger partial charge in [0, 0.05) is 5.69 Å². The van der Waals surface area contributed by atoms with Crippen LogP contribution in [0.1, 0.15) is 21.7 Å². The molecular formula is C15H16IN3O3. The lowest BCUT2D eigenvalue weighted by atomic mass is 10.2. The first-order valence-electron chi connectivity index (χ1n) is 6.60. The van der Waals surface area contributed by atoms with Crippen LogP contribution >= 0.6 is 22.6 Å². The standard InChI is InChI=1S/C15H16IN3O3/c1-9-14(16)10(2)19(18-9)8-13(20)17-12-7-5-4-6-11(12)15(21)22-3/h4-7H,8H2,1-3H3,(H,17,20). The number of benzene rings is 1. The summed E-state index contributed by atoms with van der Waals surface area (Å²) < 4.78 is 7.39. The number of hydrogen-bond acceptors (Lipinski definition) is 4. The van der Waals surface area contributed by atoms with E-state index in [2.05, 4.69) is 33.0 Å². The second-order valence-corrected chi connectivity index (χ2v) is 5.81. The molecule has 116 valence electrons. The Morgan fingerprint density at radius 3 is 2.59 bits per heavy atom. The van der Waals surface area contributed by atoms with Crippen molar-refractivity contribution in [1.29, 1.82) is 0 Å². The molecule has 1 heterocycles. The van der Waals surface area contributed by atoms with Gasteiger partial charge in [-0.1, -0.05) is 12.1 Å².